The third-order valence-electron chi connectivity index (χ3n) is 8.11. The van der Waals surface area contributed by atoms with E-state index in [2.05, 4.69) is 138 Å². The number of anilines is 4. The van der Waals surface area contributed by atoms with E-state index in [1.807, 2.05) is 36.4 Å². The molecule has 5 nitrogen and oxygen atoms in total. The predicted molar refractivity (Wildman–Crippen MR) is 183 cm³/mol. The first-order valence-electron chi connectivity index (χ1n) is 15.4. The molecule has 1 aliphatic rings. The Morgan fingerprint density at radius 2 is 1.26 bits per heavy atom. The zero-order chi connectivity index (χ0) is 31.9. The fourth-order valence-electron chi connectivity index (χ4n) is 5.25. The molecule has 240 valence electrons. The van der Waals surface area contributed by atoms with Gasteiger partial charge in [0.2, 0.25) is 5.88 Å². The summed E-state index contributed by atoms with van der Waals surface area (Å²) < 4.78 is 12.6. The van der Waals surface area contributed by atoms with E-state index in [-0.39, 0.29) is 31.9 Å². The van der Waals surface area contributed by atoms with Crippen molar-refractivity contribution in [1.82, 2.24) is 4.98 Å². The third-order valence-corrected chi connectivity index (χ3v) is 8.11. The van der Waals surface area contributed by atoms with Gasteiger partial charge >= 0.3 is 0 Å². The molecule has 0 amide bonds. The molecular weight excluding hydrogens is 750 g/mol. The van der Waals surface area contributed by atoms with Gasteiger partial charge in [0.1, 0.15) is 0 Å². The first kappa shape index (κ1) is 33.3. The topological polar surface area (TPSA) is 37.8 Å². The van der Waals surface area contributed by atoms with E-state index in [1.165, 1.54) is 11.1 Å². The Hall–Kier alpha value is -4.08. The second kappa shape index (κ2) is 13.0. The van der Waals surface area contributed by atoms with E-state index in [9.17, 15) is 0 Å². The normalized spacial score (nSPS) is 12.9. The Balaban J connectivity index is 0.00000417. The number of hydrogen-bond acceptors (Lipinski definition) is 5. The molecule has 0 bridgehead atoms. The number of hydrogen-bond donors (Lipinski definition) is 0. The zero-order valence-electron chi connectivity index (χ0n) is 27.7. The van der Waals surface area contributed by atoms with Crippen LogP contribution in [0.15, 0.2) is 91.1 Å². The number of aromatic nitrogens is 1. The summed E-state index contributed by atoms with van der Waals surface area (Å²) in [6.07, 6.45) is 1.78. The van der Waals surface area contributed by atoms with Crippen molar-refractivity contribution in [2.75, 3.05) is 9.80 Å². The molecule has 6 rings (SSSR count). The molecule has 2 heterocycles. The van der Waals surface area contributed by atoms with Gasteiger partial charge < -0.3 is 19.3 Å². The predicted octanol–water partition coefficient (Wildman–Crippen LogP) is 10.9. The van der Waals surface area contributed by atoms with Gasteiger partial charge in [-0.1, -0.05) is 65.8 Å². The molecule has 0 spiro atoms. The first-order valence-corrected chi connectivity index (χ1v) is 15.4. The number of para-hydroxylation sites is 1. The Kier molecular flexibility index (Phi) is 9.38. The van der Waals surface area contributed by atoms with E-state index in [4.69, 9.17) is 9.47 Å². The van der Waals surface area contributed by atoms with E-state index >= 15 is 0 Å². The molecule has 0 N–H and O–H groups in total. The zero-order valence-corrected chi connectivity index (χ0v) is 30.0. The molecule has 5 aromatic rings. The van der Waals surface area contributed by atoms with Crippen LogP contribution in [0.2, 0.25) is 0 Å². The molecule has 0 aliphatic carbocycles. The summed E-state index contributed by atoms with van der Waals surface area (Å²) in [5.41, 5.74) is 8.87. The number of ether oxygens (including phenoxy) is 2. The maximum Gasteiger partial charge on any atom is 0.216 e. The van der Waals surface area contributed by atoms with Crippen molar-refractivity contribution in [2.24, 2.45) is 0 Å². The van der Waals surface area contributed by atoms with E-state index < -0.39 is 0 Å². The smallest absolute Gasteiger partial charge is 0.216 e. The molecular formula is C40H40N3O2Pt-3. The molecule has 0 unspecified atom stereocenters. The number of rotatable bonds is 6. The van der Waals surface area contributed by atoms with Crippen LogP contribution in [0, 0.1) is 32.6 Å². The van der Waals surface area contributed by atoms with Crippen LogP contribution >= 0.6 is 0 Å². The van der Waals surface area contributed by atoms with Gasteiger partial charge in [-0.05, 0) is 71.7 Å². The molecule has 6 heteroatoms. The summed E-state index contributed by atoms with van der Waals surface area (Å²) in [4.78, 5) is 8.85. The van der Waals surface area contributed by atoms with Crippen LogP contribution in [-0.4, -0.2) is 4.98 Å². The van der Waals surface area contributed by atoms with Gasteiger partial charge in [0.05, 0.1) is 0 Å². The minimum Gasteiger partial charge on any atom is -0.509 e. The number of aryl methyl sites for hydroxylation is 2. The van der Waals surface area contributed by atoms with Crippen molar-refractivity contribution in [1.29, 1.82) is 0 Å². The Morgan fingerprint density at radius 1 is 0.630 bits per heavy atom. The number of benzene rings is 4. The molecule has 0 saturated carbocycles. The summed E-state index contributed by atoms with van der Waals surface area (Å²) in [6, 6.07) is 35.7. The fourth-order valence-corrected chi connectivity index (χ4v) is 5.25. The Labute approximate surface area is 288 Å². The van der Waals surface area contributed by atoms with Gasteiger partial charge in [-0.3, -0.25) is 0 Å². The van der Waals surface area contributed by atoms with Crippen molar-refractivity contribution >= 4 is 22.7 Å². The van der Waals surface area contributed by atoms with Crippen LogP contribution in [0.1, 0.15) is 63.8 Å². The van der Waals surface area contributed by atoms with E-state index in [0.717, 1.165) is 33.9 Å². The van der Waals surface area contributed by atoms with Crippen LogP contribution in [0.3, 0.4) is 0 Å². The van der Waals surface area contributed by atoms with Crippen molar-refractivity contribution in [3.63, 3.8) is 0 Å². The van der Waals surface area contributed by atoms with Crippen LogP contribution in [0.5, 0.6) is 23.1 Å². The maximum absolute atomic E-state index is 6.45. The van der Waals surface area contributed by atoms with Crippen LogP contribution < -0.4 is 19.3 Å². The standard InChI is InChI=1S/C40H40N3O2.Pt/c1-27-19-36-37(20-28(27)2)43(26-42(36)31-13-10-9-11-14-31)32-21-30(40(6,7)8)22-35(24-32)44-33-15-12-16-34(25-33)45-38-23-29(17-18-41-38)39(3,4)5;/h9-23,26H,1-8H3;/q-3;. The molecule has 4 aromatic carbocycles. The van der Waals surface area contributed by atoms with Crippen molar-refractivity contribution in [3.05, 3.63) is 132 Å². The molecule has 0 atom stereocenters. The largest absolute Gasteiger partial charge is 0.509 e. The maximum atomic E-state index is 6.45. The van der Waals surface area contributed by atoms with Gasteiger partial charge in [0.25, 0.3) is 0 Å². The summed E-state index contributed by atoms with van der Waals surface area (Å²) in [5.74, 6) is 2.20. The van der Waals surface area contributed by atoms with Gasteiger partial charge in [0, 0.05) is 67.6 Å². The van der Waals surface area contributed by atoms with Gasteiger partial charge in [-0.25, -0.2) is 4.98 Å². The van der Waals surface area contributed by atoms with Crippen LogP contribution in [0.25, 0.3) is 0 Å². The number of nitrogens with zero attached hydrogens (tertiary/aromatic N) is 3. The molecule has 46 heavy (non-hydrogen) atoms. The van der Waals surface area contributed by atoms with Gasteiger partial charge in [0.15, 0.2) is 0 Å². The average molecular weight is 790 g/mol. The first-order chi connectivity index (χ1) is 21.3. The summed E-state index contributed by atoms with van der Waals surface area (Å²) in [5, 5.41) is 0. The molecule has 0 fully saturated rings. The van der Waals surface area contributed by atoms with Crippen LogP contribution in [0.4, 0.5) is 22.7 Å². The minimum atomic E-state index is -0.120. The van der Waals surface area contributed by atoms with Gasteiger partial charge in [-0.15, -0.1) is 48.3 Å². The fraction of sp³-hybridized carbons (Fsp3) is 0.250. The number of pyridine rings is 1. The molecule has 0 saturated heterocycles. The Bertz CT molecular complexity index is 1840. The minimum absolute atomic E-state index is 0. The van der Waals surface area contributed by atoms with E-state index in [0.29, 0.717) is 23.1 Å². The second-order valence-electron chi connectivity index (χ2n) is 13.7. The second-order valence-corrected chi connectivity index (χ2v) is 13.7. The monoisotopic (exact) mass is 789 g/mol. The van der Waals surface area contributed by atoms with E-state index in [1.54, 1.807) is 6.20 Å². The summed E-state index contributed by atoms with van der Waals surface area (Å²) in [7, 11) is 0. The van der Waals surface area contributed by atoms with Crippen molar-refractivity contribution in [2.45, 2.75) is 66.2 Å². The Morgan fingerprint density at radius 3 is 1.91 bits per heavy atom. The molecule has 0 radical (unpaired) electrons. The summed E-state index contributed by atoms with van der Waals surface area (Å²) >= 11 is 0. The van der Waals surface area contributed by atoms with Crippen molar-refractivity contribution < 1.29 is 30.5 Å². The molecule has 1 aliphatic heterocycles. The quantitative estimate of drug-likeness (QED) is 0.160. The van der Waals surface area contributed by atoms with Gasteiger partial charge in [-0.2, -0.15) is 6.07 Å². The number of fused-ring (bicyclic) bond motifs is 1. The SMILES string of the molecule is Cc1cc2c(cc1C)N(c1ccccc1)[CH-]N2c1[c-]c(Oc2[c-]c(Oc3cc(C(C)(C)C)ccn3)ccc2)cc(C(C)(C)C)c1.[Pt]. The third kappa shape index (κ3) is 7.16. The van der Waals surface area contributed by atoms with Crippen LogP contribution in [-0.2, 0) is 31.9 Å². The molecule has 1 aromatic heterocycles. The van der Waals surface area contributed by atoms with Crippen molar-refractivity contribution in [3.8, 4) is 23.1 Å². The average Bonchev–Trinajstić information content (AvgIpc) is 3.35. The summed E-state index contributed by atoms with van der Waals surface area (Å²) in [6.45, 7) is 19.6.